The topological polar surface area (TPSA) is 12.0 Å². The number of thiophene rings is 1. The highest BCUT2D eigenvalue weighted by Crippen LogP contribution is 2.12. The molecule has 2 rings (SSSR count). The van der Waals surface area contributed by atoms with E-state index in [1.54, 1.807) is 11.3 Å². The number of benzene rings is 1. The van der Waals surface area contributed by atoms with E-state index in [1.165, 1.54) is 10.4 Å². The molecule has 0 amide bonds. The molecule has 83 valence electrons. The molecule has 0 unspecified atom stereocenters. The Morgan fingerprint density at radius 2 is 1.94 bits per heavy atom. The molecule has 0 bridgehead atoms. The van der Waals surface area contributed by atoms with Crippen LogP contribution in [0, 0.1) is 6.42 Å². The zero-order valence-electron chi connectivity index (χ0n) is 9.23. The lowest BCUT2D eigenvalue weighted by Crippen LogP contribution is -2.14. The summed E-state index contributed by atoms with van der Waals surface area (Å²) < 4.78 is 0. The summed E-state index contributed by atoms with van der Waals surface area (Å²) in [6.07, 6.45) is 3.37. The molecular weight excluding hydrogens is 214 g/mol. The summed E-state index contributed by atoms with van der Waals surface area (Å²) in [5.74, 6) is 0. The number of nitrogens with one attached hydrogen (secondary N) is 1. The smallest absolute Gasteiger partial charge is 0.0205 e. The summed E-state index contributed by atoms with van der Waals surface area (Å²) in [6, 6.07) is 14.7. The summed E-state index contributed by atoms with van der Waals surface area (Å²) in [4.78, 5) is 1.36. The first-order valence-electron chi connectivity index (χ1n) is 5.56. The van der Waals surface area contributed by atoms with E-state index >= 15 is 0 Å². The van der Waals surface area contributed by atoms with E-state index in [4.69, 9.17) is 0 Å². The van der Waals surface area contributed by atoms with Crippen LogP contribution in [0.25, 0.3) is 0 Å². The van der Waals surface area contributed by atoms with Crippen molar-refractivity contribution in [2.75, 3.05) is 6.54 Å². The average molecular weight is 230 g/mol. The van der Waals surface area contributed by atoms with Crippen LogP contribution in [0.2, 0.25) is 0 Å². The maximum Gasteiger partial charge on any atom is 0.0205 e. The van der Waals surface area contributed by atoms with E-state index in [2.05, 4.69) is 53.5 Å². The maximum absolute atomic E-state index is 3.44. The zero-order chi connectivity index (χ0) is 11.1. The van der Waals surface area contributed by atoms with Gasteiger partial charge in [-0.15, -0.1) is 11.3 Å². The molecule has 16 heavy (non-hydrogen) atoms. The van der Waals surface area contributed by atoms with Crippen molar-refractivity contribution in [3.05, 3.63) is 64.7 Å². The first kappa shape index (κ1) is 11.4. The van der Waals surface area contributed by atoms with Gasteiger partial charge in [-0.05, 0) is 30.0 Å². The fourth-order valence-electron chi connectivity index (χ4n) is 1.55. The third-order valence-corrected chi connectivity index (χ3v) is 3.25. The molecule has 0 aliphatic carbocycles. The monoisotopic (exact) mass is 230 g/mol. The van der Waals surface area contributed by atoms with E-state index in [1.807, 2.05) is 6.07 Å². The molecule has 2 aromatic rings. The van der Waals surface area contributed by atoms with Crippen molar-refractivity contribution in [2.24, 2.45) is 0 Å². The van der Waals surface area contributed by atoms with Crippen LogP contribution in [0.5, 0.6) is 0 Å². The first-order chi connectivity index (χ1) is 7.95. The van der Waals surface area contributed by atoms with Crippen molar-refractivity contribution < 1.29 is 0 Å². The first-order valence-corrected chi connectivity index (χ1v) is 6.44. The maximum atomic E-state index is 3.44. The summed E-state index contributed by atoms with van der Waals surface area (Å²) in [5.41, 5.74) is 1.35. The third kappa shape index (κ3) is 3.80. The van der Waals surface area contributed by atoms with E-state index < -0.39 is 0 Å². The highest BCUT2D eigenvalue weighted by atomic mass is 32.1. The van der Waals surface area contributed by atoms with Gasteiger partial charge < -0.3 is 5.32 Å². The fourth-order valence-corrected chi connectivity index (χ4v) is 2.24. The standard InChI is InChI=1S/C14H16NS/c1-2-6-13(7-3-1)12-15-10-4-8-14-9-5-11-16-14/h1-3,5-9,11,15H,4,10,12H2. The third-order valence-electron chi connectivity index (χ3n) is 2.38. The molecule has 0 saturated carbocycles. The predicted octanol–water partition coefficient (Wildman–Crippen LogP) is 3.48. The van der Waals surface area contributed by atoms with Crippen molar-refractivity contribution in [1.29, 1.82) is 0 Å². The van der Waals surface area contributed by atoms with Gasteiger partial charge in [-0.25, -0.2) is 0 Å². The van der Waals surface area contributed by atoms with Crippen LogP contribution in [-0.4, -0.2) is 6.54 Å². The summed E-state index contributed by atoms with van der Waals surface area (Å²) >= 11 is 1.79. The van der Waals surface area contributed by atoms with Crippen molar-refractivity contribution in [2.45, 2.75) is 13.0 Å². The molecule has 1 aromatic heterocycles. The van der Waals surface area contributed by atoms with E-state index in [9.17, 15) is 0 Å². The molecule has 1 radical (unpaired) electrons. The Balaban J connectivity index is 1.59. The molecule has 1 nitrogen and oxygen atoms in total. The zero-order valence-corrected chi connectivity index (χ0v) is 10.0. The lowest BCUT2D eigenvalue weighted by atomic mass is 10.2. The molecule has 1 heterocycles. The lowest BCUT2D eigenvalue weighted by molar-refractivity contribution is 0.686. The molecule has 0 aliphatic rings. The Hall–Kier alpha value is -1.12. The van der Waals surface area contributed by atoms with Crippen molar-refractivity contribution in [3.63, 3.8) is 0 Å². The Morgan fingerprint density at radius 1 is 1.06 bits per heavy atom. The lowest BCUT2D eigenvalue weighted by Gasteiger charge is -2.03. The van der Waals surface area contributed by atoms with E-state index in [0.29, 0.717) is 0 Å². The van der Waals surface area contributed by atoms with E-state index in [0.717, 1.165) is 19.5 Å². The molecule has 0 aliphatic heterocycles. The average Bonchev–Trinajstić information content (AvgIpc) is 2.83. The minimum atomic E-state index is 0.957. The molecule has 1 N–H and O–H groups in total. The van der Waals surface area contributed by atoms with Gasteiger partial charge in [0.1, 0.15) is 0 Å². The highest BCUT2D eigenvalue weighted by molar-refractivity contribution is 7.10. The normalized spacial score (nSPS) is 10.5. The van der Waals surface area contributed by atoms with Crippen LogP contribution < -0.4 is 5.32 Å². The summed E-state index contributed by atoms with van der Waals surface area (Å²) in [5, 5.41) is 5.55. The summed E-state index contributed by atoms with van der Waals surface area (Å²) in [7, 11) is 0. The van der Waals surface area contributed by atoms with Crippen molar-refractivity contribution in [1.82, 2.24) is 5.32 Å². The van der Waals surface area contributed by atoms with Gasteiger partial charge in [-0.1, -0.05) is 36.4 Å². The molecule has 2 heteroatoms. The van der Waals surface area contributed by atoms with Crippen LogP contribution in [0.15, 0.2) is 47.8 Å². The Bertz CT molecular complexity index is 380. The predicted molar refractivity (Wildman–Crippen MR) is 70.5 cm³/mol. The minimum Gasteiger partial charge on any atom is -0.313 e. The van der Waals surface area contributed by atoms with Gasteiger partial charge in [-0.3, -0.25) is 0 Å². The molecule has 0 spiro atoms. The van der Waals surface area contributed by atoms with Gasteiger partial charge in [0.2, 0.25) is 0 Å². The molecular formula is C14H16NS. The molecule has 0 fully saturated rings. The SMILES string of the molecule is [CH](CCNCc1ccccc1)c1cccs1. The van der Waals surface area contributed by atoms with Crippen LogP contribution >= 0.6 is 11.3 Å². The van der Waals surface area contributed by atoms with Gasteiger partial charge in [0.05, 0.1) is 0 Å². The minimum absolute atomic E-state index is 0.957. The second kappa shape index (κ2) is 6.46. The largest absolute Gasteiger partial charge is 0.313 e. The van der Waals surface area contributed by atoms with Crippen molar-refractivity contribution in [3.8, 4) is 0 Å². The van der Waals surface area contributed by atoms with Gasteiger partial charge >= 0.3 is 0 Å². The van der Waals surface area contributed by atoms with Gasteiger partial charge in [0.25, 0.3) is 0 Å². The number of hydrogen-bond acceptors (Lipinski definition) is 2. The van der Waals surface area contributed by atoms with E-state index in [-0.39, 0.29) is 0 Å². The number of hydrogen-bond donors (Lipinski definition) is 1. The van der Waals surface area contributed by atoms with Crippen molar-refractivity contribution >= 4 is 11.3 Å². The van der Waals surface area contributed by atoms with Gasteiger partial charge in [0.15, 0.2) is 0 Å². The van der Waals surface area contributed by atoms with Crippen LogP contribution in [0.4, 0.5) is 0 Å². The Morgan fingerprint density at radius 3 is 2.69 bits per heavy atom. The van der Waals surface area contributed by atoms with Crippen LogP contribution in [0.1, 0.15) is 16.9 Å². The Labute approximate surface area is 101 Å². The highest BCUT2D eigenvalue weighted by Gasteiger charge is 1.94. The summed E-state index contributed by atoms with van der Waals surface area (Å²) in [6.45, 7) is 1.99. The quantitative estimate of drug-likeness (QED) is 0.749. The molecule has 1 aromatic carbocycles. The van der Waals surface area contributed by atoms with Gasteiger partial charge in [0, 0.05) is 17.8 Å². The number of rotatable bonds is 6. The second-order valence-electron chi connectivity index (χ2n) is 3.67. The van der Waals surface area contributed by atoms with Gasteiger partial charge in [-0.2, -0.15) is 0 Å². The second-order valence-corrected chi connectivity index (χ2v) is 4.65. The van der Waals surface area contributed by atoms with Crippen LogP contribution in [0.3, 0.4) is 0 Å². The Kier molecular flexibility index (Phi) is 4.59. The fraction of sp³-hybridized carbons (Fsp3) is 0.214. The van der Waals surface area contributed by atoms with Crippen LogP contribution in [-0.2, 0) is 6.54 Å². The molecule has 0 saturated heterocycles. The molecule has 0 atom stereocenters.